The molecule has 2 heterocycles. The Morgan fingerprint density at radius 1 is 1.20 bits per heavy atom. The monoisotopic (exact) mass is 365 g/mol. The van der Waals surface area contributed by atoms with Gasteiger partial charge in [0.2, 0.25) is 0 Å². The zero-order valence-electron chi connectivity index (χ0n) is 12.7. The van der Waals surface area contributed by atoms with Crippen LogP contribution in [-0.2, 0) is 14.4 Å². The highest BCUT2D eigenvalue weighted by atomic mass is 35.5. The molecule has 3 rings (SSSR count). The van der Waals surface area contributed by atoms with Crippen LogP contribution in [0.4, 0.5) is 0 Å². The summed E-state index contributed by atoms with van der Waals surface area (Å²) in [6.07, 6.45) is 0.347. The summed E-state index contributed by atoms with van der Waals surface area (Å²) >= 11 is 0. The first-order chi connectivity index (χ1) is 11.5. The minimum absolute atomic E-state index is 0. The summed E-state index contributed by atoms with van der Waals surface area (Å²) in [4.78, 5) is 34.7. The van der Waals surface area contributed by atoms with Crippen LogP contribution in [-0.4, -0.2) is 38.8 Å². The SMILES string of the molecule is CC1=C(C(=O)O)C(c2cccc3nonc23)C(C(=O)O)=C(C=O)N1.Cl. The molecule has 1 aliphatic heterocycles. The fraction of sp³-hybridized carbons (Fsp3) is 0.133. The Balaban J connectivity index is 0.00000225. The van der Waals surface area contributed by atoms with E-state index < -0.39 is 17.9 Å². The number of halogens is 1. The number of aliphatic carboxylic acids is 2. The van der Waals surface area contributed by atoms with E-state index in [-0.39, 0.29) is 46.0 Å². The van der Waals surface area contributed by atoms with Gasteiger partial charge in [-0.2, -0.15) is 0 Å². The van der Waals surface area contributed by atoms with Crippen molar-refractivity contribution in [2.24, 2.45) is 0 Å². The lowest BCUT2D eigenvalue weighted by atomic mass is 9.80. The number of carboxylic acids is 2. The summed E-state index contributed by atoms with van der Waals surface area (Å²) in [6, 6.07) is 4.71. The average molecular weight is 366 g/mol. The van der Waals surface area contributed by atoms with Crippen molar-refractivity contribution >= 4 is 41.7 Å². The quantitative estimate of drug-likeness (QED) is 0.681. The molecule has 0 amide bonds. The Morgan fingerprint density at radius 2 is 1.88 bits per heavy atom. The molecule has 0 radical (unpaired) electrons. The predicted octanol–water partition coefficient (Wildman–Crippen LogP) is 1.23. The molecule has 3 N–H and O–H groups in total. The van der Waals surface area contributed by atoms with Gasteiger partial charge in [0.1, 0.15) is 11.0 Å². The lowest BCUT2D eigenvalue weighted by Crippen LogP contribution is -2.32. The highest BCUT2D eigenvalue weighted by Gasteiger charge is 2.38. The van der Waals surface area contributed by atoms with Crippen molar-refractivity contribution in [3.63, 3.8) is 0 Å². The minimum Gasteiger partial charge on any atom is -0.478 e. The van der Waals surface area contributed by atoms with E-state index in [1.807, 2.05) is 0 Å². The third-order valence-electron chi connectivity index (χ3n) is 3.80. The van der Waals surface area contributed by atoms with Crippen LogP contribution in [0.15, 0.2) is 45.4 Å². The standard InChI is InChI=1S/C15H11N3O6.ClH/c1-6-10(14(20)21)11(12(15(22)23)9(5-19)16-6)7-3-2-4-8-13(7)18-24-17-8;/h2-5,11,16H,1H3,(H,20,21)(H,22,23);1H. The number of hydrogen-bond acceptors (Lipinski definition) is 7. The molecule has 1 atom stereocenters. The number of dihydropyridines is 1. The van der Waals surface area contributed by atoms with E-state index in [1.165, 1.54) is 13.0 Å². The predicted molar refractivity (Wildman–Crippen MR) is 86.0 cm³/mol. The number of carbonyl (C=O) groups is 3. The highest BCUT2D eigenvalue weighted by Crippen LogP contribution is 2.40. The second-order valence-corrected chi connectivity index (χ2v) is 5.13. The molecule has 0 fully saturated rings. The van der Waals surface area contributed by atoms with E-state index >= 15 is 0 Å². The van der Waals surface area contributed by atoms with E-state index in [0.717, 1.165) is 0 Å². The zero-order chi connectivity index (χ0) is 17.4. The first kappa shape index (κ1) is 18.1. The number of benzene rings is 1. The summed E-state index contributed by atoms with van der Waals surface area (Å²) in [5.41, 5.74) is 0.281. The number of aromatic nitrogens is 2. The number of rotatable bonds is 4. The lowest BCUT2D eigenvalue weighted by Gasteiger charge is -2.27. The molecule has 0 aliphatic carbocycles. The van der Waals surface area contributed by atoms with Crippen LogP contribution < -0.4 is 5.32 Å². The van der Waals surface area contributed by atoms with Gasteiger partial charge in [0, 0.05) is 5.70 Å². The van der Waals surface area contributed by atoms with Gasteiger partial charge >= 0.3 is 11.9 Å². The number of aldehydes is 1. The summed E-state index contributed by atoms with van der Waals surface area (Å²) in [5.74, 6) is -3.91. The molecule has 9 nitrogen and oxygen atoms in total. The van der Waals surface area contributed by atoms with Gasteiger partial charge in [-0.3, -0.25) is 4.79 Å². The minimum atomic E-state index is -1.41. The van der Waals surface area contributed by atoms with E-state index in [1.54, 1.807) is 12.1 Å². The van der Waals surface area contributed by atoms with Crippen molar-refractivity contribution in [2.45, 2.75) is 12.8 Å². The van der Waals surface area contributed by atoms with E-state index in [4.69, 9.17) is 0 Å². The lowest BCUT2D eigenvalue weighted by molar-refractivity contribution is -0.133. The molecule has 10 heteroatoms. The van der Waals surface area contributed by atoms with Crippen LogP contribution in [0, 0.1) is 0 Å². The highest BCUT2D eigenvalue weighted by molar-refractivity contribution is 6.03. The van der Waals surface area contributed by atoms with Crippen molar-refractivity contribution in [3.05, 3.63) is 46.3 Å². The Bertz CT molecular complexity index is 946. The van der Waals surface area contributed by atoms with Crippen LogP contribution in [0.3, 0.4) is 0 Å². The topological polar surface area (TPSA) is 143 Å². The van der Waals surface area contributed by atoms with Gasteiger partial charge in [0.25, 0.3) is 0 Å². The number of hydrogen-bond donors (Lipinski definition) is 3. The molecule has 0 spiro atoms. The van der Waals surface area contributed by atoms with Crippen LogP contribution in [0.25, 0.3) is 11.0 Å². The van der Waals surface area contributed by atoms with Crippen molar-refractivity contribution in [3.8, 4) is 0 Å². The van der Waals surface area contributed by atoms with E-state index in [2.05, 4.69) is 20.3 Å². The van der Waals surface area contributed by atoms with Crippen molar-refractivity contribution < 1.29 is 29.2 Å². The Labute approximate surface area is 146 Å². The van der Waals surface area contributed by atoms with Gasteiger partial charge in [0.05, 0.1) is 22.8 Å². The number of carbonyl (C=O) groups excluding carboxylic acids is 1. The van der Waals surface area contributed by atoms with Gasteiger partial charge in [-0.15, -0.1) is 12.4 Å². The van der Waals surface area contributed by atoms with Crippen LogP contribution in [0.5, 0.6) is 0 Å². The third kappa shape index (κ3) is 2.85. The molecule has 0 bridgehead atoms. The van der Waals surface area contributed by atoms with Crippen LogP contribution in [0.1, 0.15) is 18.4 Å². The Hall–Kier alpha value is -3.20. The number of carboxylic acid groups (broad SMARTS) is 2. The molecular formula is C15H12ClN3O6. The summed E-state index contributed by atoms with van der Waals surface area (Å²) in [5, 5.41) is 29.1. The molecular weight excluding hydrogens is 354 g/mol. The first-order valence-electron chi connectivity index (χ1n) is 6.80. The molecule has 130 valence electrons. The fourth-order valence-corrected chi connectivity index (χ4v) is 2.84. The summed E-state index contributed by atoms with van der Waals surface area (Å²) < 4.78 is 4.66. The average Bonchev–Trinajstić information content (AvgIpc) is 3.01. The number of fused-ring (bicyclic) bond motifs is 1. The van der Waals surface area contributed by atoms with Gasteiger partial charge in [-0.25, -0.2) is 14.2 Å². The molecule has 0 saturated carbocycles. The largest absolute Gasteiger partial charge is 0.478 e. The Morgan fingerprint density at radius 3 is 2.48 bits per heavy atom. The maximum atomic E-state index is 11.7. The van der Waals surface area contributed by atoms with Gasteiger partial charge in [0.15, 0.2) is 6.29 Å². The maximum absolute atomic E-state index is 11.7. The first-order valence-corrected chi connectivity index (χ1v) is 6.80. The van der Waals surface area contributed by atoms with E-state index in [9.17, 15) is 24.6 Å². The molecule has 2 aromatic rings. The fourth-order valence-electron chi connectivity index (χ4n) is 2.84. The van der Waals surface area contributed by atoms with Crippen molar-refractivity contribution in [1.82, 2.24) is 15.6 Å². The molecule has 1 unspecified atom stereocenters. The van der Waals surface area contributed by atoms with Gasteiger partial charge in [-0.1, -0.05) is 12.1 Å². The molecule has 25 heavy (non-hydrogen) atoms. The van der Waals surface area contributed by atoms with Gasteiger partial charge in [-0.05, 0) is 28.9 Å². The van der Waals surface area contributed by atoms with Gasteiger partial charge < -0.3 is 15.5 Å². The molecule has 1 aliphatic rings. The second kappa shape index (κ2) is 6.73. The second-order valence-electron chi connectivity index (χ2n) is 5.13. The van der Waals surface area contributed by atoms with Crippen molar-refractivity contribution in [1.29, 1.82) is 0 Å². The summed E-state index contributed by atoms with van der Waals surface area (Å²) in [7, 11) is 0. The van der Waals surface area contributed by atoms with Crippen molar-refractivity contribution in [2.75, 3.05) is 0 Å². The Kier molecular flexibility index (Phi) is 4.89. The summed E-state index contributed by atoms with van der Waals surface area (Å²) in [6.45, 7) is 1.46. The zero-order valence-corrected chi connectivity index (χ0v) is 13.5. The molecule has 1 aromatic heterocycles. The number of nitrogens with zero attached hydrogens (tertiary/aromatic N) is 2. The number of nitrogens with one attached hydrogen (secondary N) is 1. The van der Waals surface area contributed by atoms with Crippen LogP contribution >= 0.6 is 12.4 Å². The van der Waals surface area contributed by atoms with Crippen LogP contribution in [0.2, 0.25) is 0 Å². The maximum Gasteiger partial charge on any atom is 0.334 e. The smallest absolute Gasteiger partial charge is 0.334 e. The van der Waals surface area contributed by atoms with E-state index in [0.29, 0.717) is 11.8 Å². The number of allylic oxidation sites excluding steroid dienone is 2. The third-order valence-corrected chi connectivity index (χ3v) is 3.80. The molecule has 0 saturated heterocycles. The molecule has 1 aromatic carbocycles. The normalized spacial score (nSPS) is 17.1.